The van der Waals surface area contributed by atoms with Crippen LogP contribution in [0.4, 0.5) is 0 Å². The van der Waals surface area contributed by atoms with Crippen molar-refractivity contribution < 1.29 is 4.57 Å². The molecule has 2 aromatic heterocycles. The van der Waals surface area contributed by atoms with Crippen molar-refractivity contribution in [2.45, 2.75) is 12.8 Å². The van der Waals surface area contributed by atoms with Crippen LogP contribution in [0.15, 0.2) is 158 Å². The van der Waals surface area contributed by atoms with Crippen LogP contribution in [-0.2, 0) is 11.0 Å². The Morgan fingerprint density at radius 2 is 1.17 bits per heavy atom. The third kappa shape index (κ3) is 4.50. The molecule has 9 rings (SSSR count). The lowest BCUT2D eigenvalue weighted by atomic mass is 9.93. The largest absolute Gasteiger partial charge is 0.309 e. The SMILES string of the molecule is O=P(c1ccccc1)(c1ccccc1)c1ccc(-c2cccc(-c3ccc4c5c(n6c7ccccc7nc6c4c3)CCC=C5)c2)cc1. The number of aryl methyl sites for hydroxylation is 1. The molecule has 0 N–H and O–H groups in total. The second-order valence-electron chi connectivity index (χ2n) is 12.2. The summed E-state index contributed by atoms with van der Waals surface area (Å²) in [6, 6.07) is 51.9. The van der Waals surface area contributed by atoms with Gasteiger partial charge in [-0.15, -0.1) is 0 Å². The Bertz CT molecular complexity index is 2490. The molecule has 0 atom stereocenters. The highest BCUT2D eigenvalue weighted by atomic mass is 31.2. The van der Waals surface area contributed by atoms with Crippen LogP contribution in [0.3, 0.4) is 0 Å². The van der Waals surface area contributed by atoms with Gasteiger partial charge >= 0.3 is 0 Å². The summed E-state index contributed by atoms with van der Waals surface area (Å²) in [6.45, 7) is 0. The topological polar surface area (TPSA) is 34.4 Å². The molecule has 4 heteroatoms. The summed E-state index contributed by atoms with van der Waals surface area (Å²) in [5.74, 6) is 0. The van der Waals surface area contributed by atoms with Crippen molar-refractivity contribution >= 4 is 56.6 Å². The van der Waals surface area contributed by atoms with E-state index in [4.69, 9.17) is 4.98 Å². The van der Waals surface area contributed by atoms with E-state index in [1.54, 1.807) is 0 Å². The van der Waals surface area contributed by atoms with Gasteiger partial charge in [0.15, 0.2) is 7.14 Å². The first-order valence-electron chi connectivity index (χ1n) is 16.1. The standard InChI is InChI=1S/C43H31N2OP/c46-47(34-14-3-1-4-15-34,35-16-5-2-6-17-35)36-25-22-30(23-26-36)31-12-11-13-32(28-31)33-24-27-37-38-18-7-9-20-41(38)45-42-21-10-8-19-40(42)44-43(45)39(37)29-33/h1-8,10-19,21-29H,9,20H2. The summed E-state index contributed by atoms with van der Waals surface area (Å²) < 4.78 is 17.2. The van der Waals surface area contributed by atoms with E-state index in [1.165, 1.54) is 16.6 Å². The maximum Gasteiger partial charge on any atom is 0.171 e. The number of fused-ring (bicyclic) bond motifs is 8. The van der Waals surface area contributed by atoms with E-state index in [1.807, 2.05) is 72.8 Å². The van der Waals surface area contributed by atoms with Gasteiger partial charge in [-0.25, -0.2) is 4.98 Å². The Balaban J connectivity index is 1.14. The second-order valence-corrected chi connectivity index (χ2v) is 15.0. The van der Waals surface area contributed by atoms with Crippen LogP contribution in [0.1, 0.15) is 17.7 Å². The van der Waals surface area contributed by atoms with Crippen molar-refractivity contribution in [2.24, 2.45) is 0 Å². The highest BCUT2D eigenvalue weighted by molar-refractivity contribution is 7.85. The van der Waals surface area contributed by atoms with Crippen molar-refractivity contribution in [1.29, 1.82) is 0 Å². The van der Waals surface area contributed by atoms with Gasteiger partial charge < -0.3 is 4.57 Å². The molecule has 2 heterocycles. The van der Waals surface area contributed by atoms with Crippen LogP contribution in [0.25, 0.3) is 55.8 Å². The quantitative estimate of drug-likeness (QED) is 0.179. The van der Waals surface area contributed by atoms with Gasteiger partial charge in [0, 0.05) is 32.6 Å². The summed E-state index contributed by atoms with van der Waals surface area (Å²) in [4.78, 5) is 5.14. The van der Waals surface area contributed by atoms with Gasteiger partial charge in [0.05, 0.1) is 11.0 Å². The van der Waals surface area contributed by atoms with E-state index in [0.29, 0.717) is 0 Å². The molecule has 3 nitrogen and oxygen atoms in total. The fourth-order valence-corrected chi connectivity index (χ4v) is 9.87. The number of imidazole rings is 1. The first-order chi connectivity index (χ1) is 23.2. The maximum atomic E-state index is 14.8. The molecule has 1 aliphatic carbocycles. The molecule has 0 bridgehead atoms. The van der Waals surface area contributed by atoms with Gasteiger partial charge in [0.2, 0.25) is 0 Å². The molecule has 0 saturated carbocycles. The number of hydrogen-bond acceptors (Lipinski definition) is 2. The van der Waals surface area contributed by atoms with Crippen molar-refractivity contribution in [3.8, 4) is 22.3 Å². The molecule has 0 aliphatic heterocycles. The van der Waals surface area contributed by atoms with Crippen molar-refractivity contribution in [2.75, 3.05) is 0 Å². The third-order valence-corrected chi connectivity index (χ3v) is 12.6. The lowest BCUT2D eigenvalue weighted by Gasteiger charge is -2.20. The van der Waals surface area contributed by atoms with Gasteiger partial charge in [-0.05, 0) is 64.7 Å². The molecule has 0 saturated heterocycles. The molecule has 0 unspecified atom stereocenters. The summed E-state index contributed by atoms with van der Waals surface area (Å²) >= 11 is 0. The summed E-state index contributed by atoms with van der Waals surface area (Å²) in [6.07, 6.45) is 6.62. The van der Waals surface area contributed by atoms with E-state index in [-0.39, 0.29) is 0 Å². The summed E-state index contributed by atoms with van der Waals surface area (Å²) in [5.41, 5.74) is 10.4. The minimum absolute atomic E-state index is 0.831. The fourth-order valence-electron chi connectivity index (χ4n) is 7.22. The molecule has 0 spiro atoms. The Hall–Kier alpha value is -5.50. The smallest absolute Gasteiger partial charge is 0.171 e. The van der Waals surface area contributed by atoms with Crippen LogP contribution < -0.4 is 15.9 Å². The molecule has 0 fully saturated rings. The van der Waals surface area contributed by atoms with Crippen LogP contribution in [-0.4, -0.2) is 9.38 Å². The first-order valence-corrected chi connectivity index (χ1v) is 17.8. The zero-order valence-corrected chi connectivity index (χ0v) is 26.6. The van der Waals surface area contributed by atoms with Crippen LogP contribution >= 0.6 is 7.14 Å². The monoisotopic (exact) mass is 622 g/mol. The zero-order valence-electron chi connectivity index (χ0n) is 25.8. The van der Waals surface area contributed by atoms with Gasteiger partial charge in [-0.2, -0.15) is 0 Å². The zero-order chi connectivity index (χ0) is 31.4. The molecular formula is C43H31N2OP. The lowest BCUT2D eigenvalue weighted by Crippen LogP contribution is -2.24. The number of hydrogen-bond donors (Lipinski definition) is 0. The number of para-hydroxylation sites is 2. The predicted octanol–water partition coefficient (Wildman–Crippen LogP) is 9.57. The number of rotatable bonds is 5. The van der Waals surface area contributed by atoms with Crippen molar-refractivity contribution in [1.82, 2.24) is 9.38 Å². The highest BCUT2D eigenvalue weighted by Gasteiger charge is 2.29. The fraction of sp³-hybridized carbons (Fsp3) is 0.0465. The van der Waals surface area contributed by atoms with E-state index >= 15 is 0 Å². The summed E-state index contributed by atoms with van der Waals surface area (Å²) in [7, 11) is -3.02. The number of nitrogens with zero attached hydrogens (tertiary/aromatic N) is 2. The number of benzene rings is 6. The minimum Gasteiger partial charge on any atom is -0.309 e. The molecule has 1 aliphatic rings. The molecule has 8 aromatic rings. The van der Waals surface area contributed by atoms with Gasteiger partial charge in [0.1, 0.15) is 5.65 Å². The highest BCUT2D eigenvalue weighted by Crippen LogP contribution is 2.43. The minimum atomic E-state index is -3.02. The molecule has 0 amide bonds. The number of aromatic nitrogens is 2. The Morgan fingerprint density at radius 3 is 1.91 bits per heavy atom. The average molecular weight is 623 g/mol. The Morgan fingerprint density at radius 1 is 0.553 bits per heavy atom. The molecular weight excluding hydrogens is 591 g/mol. The molecule has 0 radical (unpaired) electrons. The van der Waals surface area contributed by atoms with Crippen molar-refractivity contribution in [3.05, 3.63) is 169 Å². The van der Waals surface area contributed by atoms with Crippen molar-refractivity contribution in [3.63, 3.8) is 0 Å². The van der Waals surface area contributed by atoms with Gasteiger partial charge in [-0.1, -0.05) is 140 Å². The lowest BCUT2D eigenvalue weighted by molar-refractivity contribution is 0.592. The Kier molecular flexibility index (Phi) is 6.55. The van der Waals surface area contributed by atoms with Gasteiger partial charge in [0.25, 0.3) is 0 Å². The van der Waals surface area contributed by atoms with E-state index in [0.717, 1.165) is 73.1 Å². The average Bonchev–Trinajstić information content (AvgIpc) is 3.56. The van der Waals surface area contributed by atoms with Gasteiger partial charge in [-0.3, -0.25) is 4.40 Å². The third-order valence-electron chi connectivity index (χ3n) is 9.52. The van der Waals surface area contributed by atoms with E-state index in [9.17, 15) is 4.57 Å². The Labute approximate surface area is 273 Å². The molecule has 6 aromatic carbocycles. The number of allylic oxidation sites excluding steroid dienone is 1. The summed E-state index contributed by atoms with van der Waals surface area (Å²) in [5, 5.41) is 4.92. The number of pyridine rings is 1. The first kappa shape index (κ1) is 27.8. The van der Waals surface area contributed by atoms with E-state index in [2.05, 4.69) is 95.4 Å². The van der Waals surface area contributed by atoms with Crippen LogP contribution in [0, 0.1) is 0 Å². The maximum absolute atomic E-state index is 14.8. The normalized spacial score (nSPS) is 12.9. The van der Waals surface area contributed by atoms with Crippen LogP contribution in [0.2, 0.25) is 0 Å². The molecule has 224 valence electrons. The van der Waals surface area contributed by atoms with Crippen LogP contribution in [0.5, 0.6) is 0 Å². The van der Waals surface area contributed by atoms with E-state index < -0.39 is 7.14 Å². The molecule has 47 heavy (non-hydrogen) atoms. The predicted molar refractivity (Wildman–Crippen MR) is 198 cm³/mol. The second kappa shape index (κ2) is 11.1.